The zero-order valence-electron chi connectivity index (χ0n) is 11.9. The van der Waals surface area contributed by atoms with Gasteiger partial charge in [0.25, 0.3) is 0 Å². The van der Waals surface area contributed by atoms with Crippen LogP contribution in [0.1, 0.15) is 18.5 Å². The Morgan fingerprint density at radius 3 is 2.68 bits per heavy atom. The summed E-state index contributed by atoms with van der Waals surface area (Å²) in [6.45, 7) is 2.30. The van der Waals surface area contributed by atoms with E-state index in [-0.39, 0.29) is 17.2 Å². The lowest BCUT2D eigenvalue weighted by Gasteiger charge is -2.25. The summed E-state index contributed by atoms with van der Waals surface area (Å²) in [5, 5.41) is 2.60. The quantitative estimate of drug-likeness (QED) is 0.781. The number of amides is 1. The smallest absolute Gasteiger partial charge is 0.232 e. The van der Waals surface area contributed by atoms with Crippen molar-refractivity contribution < 1.29 is 9.53 Å². The van der Waals surface area contributed by atoms with Gasteiger partial charge in [0.1, 0.15) is 5.75 Å². The molecule has 0 saturated carbocycles. The van der Waals surface area contributed by atoms with Gasteiger partial charge < -0.3 is 15.0 Å². The normalized spacial score (nSPS) is 14.0. The Kier molecular flexibility index (Phi) is 6.18. The summed E-state index contributed by atoms with van der Waals surface area (Å²) in [7, 11) is 5.62. The maximum Gasteiger partial charge on any atom is 0.232 e. The van der Waals surface area contributed by atoms with Crippen molar-refractivity contribution in [1.82, 2.24) is 10.2 Å². The Balaban J connectivity index is 2.79. The molecule has 4 nitrogen and oxygen atoms in total. The summed E-state index contributed by atoms with van der Waals surface area (Å²) in [5.74, 6) is 0.760. The molecule has 1 rings (SSSR count). The van der Waals surface area contributed by atoms with Crippen LogP contribution in [0.25, 0.3) is 0 Å². The van der Waals surface area contributed by atoms with Crippen molar-refractivity contribution in [2.24, 2.45) is 0 Å². The first-order valence-corrected chi connectivity index (χ1v) is 6.73. The first-order valence-electron chi connectivity index (χ1n) is 6.22. The molecule has 0 aliphatic rings. The lowest BCUT2D eigenvalue weighted by Crippen LogP contribution is -2.37. The third-order valence-electron chi connectivity index (χ3n) is 2.95. The second kappa shape index (κ2) is 7.40. The second-order valence-corrected chi connectivity index (χ2v) is 5.45. The van der Waals surface area contributed by atoms with Gasteiger partial charge in [0.05, 0.1) is 18.4 Å². The molecule has 0 fully saturated rings. The lowest BCUT2D eigenvalue weighted by atomic mass is 10.1. The molecule has 1 N–H and O–H groups in total. The highest BCUT2D eigenvalue weighted by molar-refractivity contribution is 7.81. The van der Waals surface area contributed by atoms with Crippen LogP contribution >= 0.6 is 12.6 Å². The summed E-state index contributed by atoms with van der Waals surface area (Å²) in [6, 6.07) is 7.98. The van der Waals surface area contributed by atoms with E-state index in [1.165, 1.54) is 0 Å². The molecule has 0 aliphatic carbocycles. The van der Waals surface area contributed by atoms with E-state index in [2.05, 4.69) is 22.8 Å². The predicted molar refractivity (Wildman–Crippen MR) is 80.9 cm³/mol. The Morgan fingerprint density at radius 1 is 1.47 bits per heavy atom. The minimum Gasteiger partial charge on any atom is -0.497 e. The van der Waals surface area contributed by atoms with E-state index >= 15 is 0 Å². The van der Waals surface area contributed by atoms with Gasteiger partial charge in [0, 0.05) is 6.54 Å². The van der Waals surface area contributed by atoms with E-state index in [4.69, 9.17) is 4.74 Å². The van der Waals surface area contributed by atoms with E-state index in [1.807, 2.05) is 38.4 Å². The van der Waals surface area contributed by atoms with Crippen LogP contribution in [0.4, 0.5) is 0 Å². The molecule has 0 aromatic heterocycles. The fourth-order valence-electron chi connectivity index (χ4n) is 1.79. The average molecular weight is 282 g/mol. The number of likely N-dealkylation sites (N-methyl/N-ethyl adjacent to an activating group) is 1. The highest BCUT2D eigenvalue weighted by atomic mass is 32.1. The topological polar surface area (TPSA) is 41.6 Å². The Bertz CT molecular complexity index is 422. The summed E-state index contributed by atoms with van der Waals surface area (Å²) in [4.78, 5) is 13.7. The van der Waals surface area contributed by atoms with Gasteiger partial charge in [0.15, 0.2) is 0 Å². The molecule has 0 spiro atoms. The summed E-state index contributed by atoms with van der Waals surface area (Å²) < 4.78 is 5.23. The molecule has 0 heterocycles. The number of ether oxygens (including phenoxy) is 1. The molecule has 5 heteroatoms. The van der Waals surface area contributed by atoms with Crippen molar-refractivity contribution in [3.05, 3.63) is 29.8 Å². The van der Waals surface area contributed by atoms with E-state index in [1.54, 1.807) is 14.0 Å². The molecule has 1 amide bonds. The van der Waals surface area contributed by atoms with Crippen molar-refractivity contribution in [3.63, 3.8) is 0 Å². The molecule has 19 heavy (non-hydrogen) atoms. The fourth-order valence-corrected chi connectivity index (χ4v) is 1.88. The van der Waals surface area contributed by atoms with Crippen molar-refractivity contribution in [1.29, 1.82) is 0 Å². The number of hydrogen-bond donors (Lipinski definition) is 2. The van der Waals surface area contributed by atoms with Crippen molar-refractivity contribution in [3.8, 4) is 5.75 Å². The summed E-state index contributed by atoms with van der Waals surface area (Å²) in [5.41, 5.74) is 1.11. The number of methoxy groups -OCH3 is 1. The Labute approximate surface area is 120 Å². The van der Waals surface area contributed by atoms with Crippen LogP contribution in [0.2, 0.25) is 0 Å². The molecule has 1 aromatic carbocycles. The number of benzene rings is 1. The number of hydrogen-bond acceptors (Lipinski definition) is 4. The molecular weight excluding hydrogens is 260 g/mol. The van der Waals surface area contributed by atoms with Gasteiger partial charge in [-0.15, -0.1) is 0 Å². The lowest BCUT2D eigenvalue weighted by molar-refractivity contribution is -0.120. The minimum absolute atomic E-state index is 0.0573. The Hall–Kier alpha value is -1.20. The van der Waals surface area contributed by atoms with E-state index < -0.39 is 0 Å². The average Bonchev–Trinajstić information content (AvgIpc) is 2.38. The zero-order chi connectivity index (χ0) is 14.4. The van der Waals surface area contributed by atoms with Gasteiger partial charge >= 0.3 is 0 Å². The number of carbonyl (C=O) groups excluding carboxylic acids is 1. The number of carbonyl (C=O) groups is 1. The molecule has 106 valence electrons. The number of thiol groups is 1. The van der Waals surface area contributed by atoms with Crippen LogP contribution in [0.15, 0.2) is 24.3 Å². The van der Waals surface area contributed by atoms with Crippen LogP contribution in [0.5, 0.6) is 5.75 Å². The molecular formula is C14H22N2O2S. The van der Waals surface area contributed by atoms with Gasteiger partial charge in [0.2, 0.25) is 5.91 Å². The van der Waals surface area contributed by atoms with Crippen molar-refractivity contribution >= 4 is 18.5 Å². The van der Waals surface area contributed by atoms with Gasteiger partial charge in [-0.3, -0.25) is 4.79 Å². The summed E-state index contributed by atoms with van der Waals surface area (Å²) in [6.07, 6.45) is 0. The van der Waals surface area contributed by atoms with E-state index in [0.29, 0.717) is 6.54 Å². The third kappa shape index (κ3) is 4.76. The minimum atomic E-state index is -0.298. The largest absolute Gasteiger partial charge is 0.497 e. The molecule has 2 unspecified atom stereocenters. The van der Waals surface area contributed by atoms with Gasteiger partial charge in [-0.1, -0.05) is 12.1 Å². The van der Waals surface area contributed by atoms with Crippen LogP contribution in [-0.2, 0) is 4.79 Å². The van der Waals surface area contributed by atoms with Crippen molar-refractivity contribution in [2.75, 3.05) is 27.7 Å². The molecule has 2 atom stereocenters. The van der Waals surface area contributed by atoms with Gasteiger partial charge in [-0.2, -0.15) is 12.6 Å². The SMILES string of the molecule is COc1cccc(C(CNC(=O)C(C)S)N(C)C)c1. The Morgan fingerprint density at radius 2 is 2.16 bits per heavy atom. The molecule has 0 radical (unpaired) electrons. The molecule has 0 saturated heterocycles. The predicted octanol–water partition coefficient (Wildman–Crippen LogP) is 1.73. The number of nitrogens with one attached hydrogen (secondary N) is 1. The first-order chi connectivity index (χ1) is 8.95. The third-order valence-corrected chi connectivity index (χ3v) is 3.19. The van der Waals surface area contributed by atoms with Gasteiger partial charge in [-0.05, 0) is 38.7 Å². The highest BCUT2D eigenvalue weighted by Crippen LogP contribution is 2.22. The standard InChI is InChI=1S/C14H22N2O2S/c1-10(19)14(17)15-9-13(16(2)3)11-6-5-7-12(8-11)18-4/h5-8,10,13,19H,9H2,1-4H3,(H,15,17). The fraction of sp³-hybridized carbons (Fsp3) is 0.500. The second-order valence-electron chi connectivity index (χ2n) is 4.68. The molecule has 0 aliphatic heterocycles. The monoisotopic (exact) mass is 282 g/mol. The maximum absolute atomic E-state index is 11.6. The molecule has 1 aromatic rings. The van der Waals surface area contributed by atoms with E-state index in [0.717, 1.165) is 11.3 Å². The molecule has 0 bridgehead atoms. The van der Waals surface area contributed by atoms with Crippen molar-refractivity contribution in [2.45, 2.75) is 18.2 Å². The highest BCUT2D eigenvalue weighted by Gasteiger charge is 2.17. The maximum atomic E-state index is 11.6. The van der Waals surface area contributed by atoms with Gasteiger partial charge in [-0.25, -0.2) is 0 Å². The summed E-state index contributed by atoms with van der Waals surface area (Å²) >= 11 is 4.12. The van der Waals surface area contributed by atoms with E-state index in [9.17, 15) is 4.79 Å². The number of nitrogens with zero attached hydrogens (tertiary/aromatic N) is 1. The van der Waals surface area contributed by atoms with Crippen LogP contribution < -0.4 is 10.1 Å². The van der Waals surface area contributed by atoms with Crippen LogP contribution in [0, 0.1) is 0 Å². The van der Waals surface area contributed by atoms with Crippen LogP contribution in [0.3, 0.4) is 0 Å². The zero-order valence-corrected chi connectivity index (χ0v) is 12.8. The number of rotatable bonds is 6. The van der Waals surface area contributed by atoms with Crippen LogP contribution in [-0.4, -0.2) is 43.8 Å². The first kappa shape index (κ1) is 15.9.